The van der Waals surface area contributed by atoms with Crippen molar-refractivity contribution in [2.24, 2.45) is 0 Å². The van der Waals surface area contributed by atoms with E-state index in [9.17, 15) is 4.79 Å². The molecule has 0 unspecified atom stereocenters. The number of benzene rings is 1. The molecule has 0 aromatic heterocycles. The number of halogens is 1. The minimum atomic E-state index is 0.124. The van der Waals surface area contributed by atoms with Crippen molar-refractivity contribution in [1.29, 1.82) is 0 Å². The normalized spacial score (nSPS) is 16.0. The van der Waals surface area contributed by atoms with Gasteiger partial charge in [0.05, 0.1) is 12.7 Å². The maximum Gasteiger partial charge on any atom is 0.253 e. The zero-order chi connectivity index (χ0) is 15.2. The Kier molecular flexibility index (Phi) is 6.06. The van der Waals surface area contributed by atoms with Crippen LogP contribution in [-0.2, 0) is 4.74 Å². The summed E-state index contributed by atoms with van der Waals surface area (Å²) < 4.78 is 5.72. The Morgan fingerprint density at radius 1 is 1.29 bits per heavy atom. The summed E-state index contributed by atoms with van der Waals surface area (Å²) >= 11 is 3.36. The minimum Gasteiger partial charge on any atom is -0.378 e. The van der Waals surface area contributed by atoms with Crippen molar-refractivity contribution in [1.82, 2.24) is 4.90 Å². The molecule has 21 heavy (non-hydrogen) atoms. The van der Waals surface area contributed by atoms with Crippen LogP contribution in [-0.4, -0.2) is 56.0 Å². The Labute approximate surface area is 135 Å². The number of piperidine rings is 1. The fourth-order valence-corrected chi connectivity index (χ4v) is 2.71. The molecule has 1 aliphatic heterocycles. The predicted molar refractivity (Wildman–Crippen MR) is 89.4 cm³/mol. The lowest BCUT2D eigenvalue weighted by Gasteiger charge is -2.32. The van der Waals surface area contributed by atoms with Gasteiger partial charge in [0.15, 0.2) is 0 Å². The first-order chi connectivity index (χ1) is 10.1. The number of anilines is 1. The van der Waals surface area contributed by atoms with E-state index in [1.54, 1.807) is 0 Å². The van der Waals surface area contributed by atoms with Crippen molar-refractivity contribution in [2.45, 2.75) is 18.9 Å². The highest BCUT2D eigenvalue weighted by Gasteiger charge is 2.23. The molecule has 1 aromatic rings. The van der Waals surface area contributed by atoms with E-state index in [1.807, 2.05) is 48.2 Å². The lowest BCUT2D eigenvalue weighted by Crippen LogP contribution is -2.41. The third-order valence-electron chi connectivity index (χ3n) is 3.79. The number of alkyl halides is 1. The Balaban J connectivity index is 1.89. The van der Waals surface area contributed by atoms with Gasteiger partial charge in [-0.25, -0.2) is 0 Å². The fourth-order valence-electron chi connectivity index (χ4n) is 2.52. The first-order valence-electron chi connectivity index (χ1n) is 7.36. The molecular weight excluding hydrogens is 332 g/mol. The zero-order valence-corrected chi connectivity index (χ0v) is 14.3. The average molecular weight is 355 g/mol. The number of rotatable bonds is 5. The van der Waals surface area contributed by atoms with Gasteiger partial charge in [-0.3, -0.25) is 4.79 Å². The second-order valence-electron chi connectivity index (χ2n) is 5.49. The highest BCUT2D eigenvalue weighted by atomic mass is 79.9. The standard InChI is InChI=1S/C16H23BrN2O2/c1-18(2)14-5-3-13(4-6-14)16(20)19-10-7-15(8-11-19)21-12-9-17/h3-6,15H,7-12H2,1-2H3. The zero-order valence-electron chi connectivity index (χ0n) is 12.7. The molecule has 0 aliphatic carbocycles. The summed E-state index contributed by atoms with van der Waals surface area (Å²) in [5, 5.41) is 0.865. The molecule has 116 valence electrons. The number of carbonyl (C=O) groups is 1. The van der Waals surface area contributed by atoms with Gasteiger partial charge in [0.25, 0.3) is 5.91 Å². The van der Waals surface area contributed by atoms with Crippen molar-refractivity contribution in [3.05, 3.63) is 29.8 Å². The van der Waals surface area contributed by atoms with Crippen LogP contribution in [0.25, 0.3) is 0 Å². The molecule has 0 spiro atoms. The molecule has 0 radical (unpaired) electrons. The molecule has 0 saturated carbocycles. The van der Waals surface area contributed by atoms with Crippen molar-refractivity contribution >= 4 is 27.5 Å². The van der Waals surface area contributed by atoms with Gasteiger partial charge < -0.3 is 14.5 Å². The summed E-state index contributed by atoms with van der Waals surface area (Å²) in [5.74, 6) is 0.124. The molecule has 1 saturated heterocycles. The summed E-state index contributed by atoms with van der Waals surface area (Å²) in [6.07, 6.45) is 2.14. The third kappa shape index (κ3) is 4.45. The number of hydrogen-bond donors (Lipinski definition) is 0. The summed E-state index contributed by atoms with van der Waals surface area (Å²) in [5.41, 5.74) is 1.87. The molecule has 1 amide bonds. The number of likely N-dealkylation sites (tertiary alicyclic amines) is 1. The second-order valence-corrected chi connectivity index (χ2v) is 6.29. The number of carbonyl (C=O) groups excluding carboxylic acids is 1. The number of nitrogens with zero attached hydrogens (tertiary/aromatic N) is 2. The molecule has 1 fully saturated rings. The molecule has 0 N–H and O–H groups in total. The minimum absolute atomic E-state index is 0.124. The molecule has 1 heterocycles. The Hall–Kier alpha value is -1.07. The van der Waals surface area contributed by atoms with E-state index in [-0.39, 0.29) is 5.91 Å². The number of amides is 1. The molecule has 1 aromatic carbocycles. The maximum absolute atomic E-state index is 12.5. The third-order valence-corrected chi connectivity index (χ3v) is 4.11. The number of ether oxygens (including phenoxy) is 1. The van der Waals surface area contributed by atoms with Crippen LogP contribution in [0.4, 0.5) is 5.69 Å². The SMILES string of the molecule is CN(C)c1ccc(C(=O)N2CCC(OCCBr)CC2)cc1. The van der Waals surface area contributed by atoms with Crippen LogP contribution in [0.3, 0.4) is 0 Å². The van der Waals surface area contributed by atoms with Crippen molar-refractivity contribution in [3.63, 3.8) is 0 Å². The first-order valence-corrected chi connectivity index (χ1v) is 8.48. The Morgan fingerprint density at radius 2 is 1.90 bits per heavy atom. The van der Waals surface area contributed by atoms with Gasteiger partial charge in [-0.1, -0.05) is 15.9 Å². The molecule has 2 rings (SSSR count). The van der Waals surface area contributed by atoms with E-state index in [4.69, 9.17) is 4.74 Å². The van der Waals surface area contributed by atoms with E-state index in [1.165, 1.54) is 0 Å². The summed E-state index contributed by atoms with van der Waals surface area (Å²) in [6.45, 7) is 2.30. The van der Waals surface area contributed by atoms with Gasteiger partial charge >= 0.3 is 0 Å². The van der Waals surface area contributed by atoms with Crippen LogP contribution in [0.5, 0.6) is 0 Å². The van der Waals surface area contributed by atoms with Crippen LogP contribution in [0.1, 0.15) is 23.2 Å². The van der Waals surface area contributed by atoms with Gasteiger partial charge in [-0.2, -0.15) is 0 Å². The van der Waals surface area contributed by atoms with Crippen LogP contribution in [0, 0.1) is 0 Å². The lowest BCUT2D eigenvalue weighted by atomic mass is 10.1. The van der Waals surface area contributed by atoms with E-state index >= 15 is 0 Å². The summed E-state index contributed by atoms with van der Waals surface area (Å²) in [7, 11) is 3.99. The quantitative estimate of drug-likeness (QED) is 0.762. The van der Waals surface area contributed by atoms with Crippen LogP contribution in [0.2, 0.25) is 0 Å². The Bertz CT molecular complexity index is 454. The van der Waals surface area contributed by atoms with Crippen molar-refractivity contribution < 1.29 is 9.53 Å². The van der Waals surface area contributed by atoms with Gasteiger partial charge in [0.2, 0.25) is 0 Å². The lowest BCUT2D eigenvalue weighted by molar-refractivity contribution is 0.0160. The summed E-state index contributed by atoms with van der Waals surface area (Å²) in [4.78, 5) is 16.4. The van der Waals surface area contributed by atoms with Gasteiger partial charge in [-0.05, 0) is 37.1 Å². The molecule has 0 bridgehead atoms. The average Bonchev–Trinajstić information content (AvgIpc) is 2.53. The number of hydrogen-bond acceptors (Lipinski definition) is 3. The largest absolute Gasteiger partial charge is 0.378 e. The van der Waals surface area contributed by atoms with E-state index < -0.39 is 0 Å². The van der Waals surface area contributed by atoms with Crippen molar-refractivity contribution in [3.8, 4) is 0 Å². The smallest absolute Gasteiger partial charge is 0.253 e. The molecule has 5 heteroatoms. The monoisotopic (exact) mass is 354 g/mol. The van der Waals surface area contributed by atoms with Crippen LogP contribution < -0.4 is 4.90 Å². The molecule has 1 aliphatic rings. The van der Waals surface area contributed by atoms with Gasteiger partial charge in [0, 0.05) is 43.8 Å². The topological polar surface area (TPSA) is 32.8 Å². The Morgan fingerprint density at radius 3 is 2.43 bits per heavy atom. The molecule has 4 nitrogen and oxygen atoms in total. The van der Waals surface area contributed by atoms with Crippen molar-refractivity contribution in [2.75, 3.05) is 44.0 Å². The predicted octanol–water partition coefficient (Wildman–Crippen LogP) is 2.77. The van der Waals surface area contributed by atoms with Gasteiger partial charge in [-0.15, -0.1) is 0 Å². The van der Waals surface area contributed by atoms with Crippen LogP contribution in [0.15, 0.2) is 24.3 Å². The maximum atomic E-state index is 12.5. The highest BCUT2D eigenvalue weighted by Crippen LogP contribution is 2.18. The fraction of sp³-hybridized carbons (Fsp3) is 0.562. The van der Waals surface area contributed by atoms with E-state index in [0.717, 1.165) is 49.1 Å². The second kappa shape index (κ2) is 7.80. The first kappa shape index (κ1) is 16.3. The highest BCUT2D eigenvalue weighted by molar-refractivity contribution is 9.09. The van der Waals surface area contributed by atoms with E-state index in [0.29, 0.717) is 6.10 Å². The summed E-state index contributed by atoms with van der Waals surface area (Å²) in [6, 6.07) is 7.79. The van der Waals surface area contributed by atoms with Gasteiger partial charge in [0.1, 0.15) is 0 Å². The molecule has 0 atom stereocenters. The van der Waals surface area contributed by atoms with Crippen LogP contribution >= 0.6 is 15.9 Å². The molecular formula is C16H23BrN2O2. The van der Waals surface area contributed by atoms with E-state index in [2.05, 4.69) is 15.9 Å².